The van der Waals surface area contributed by atoms with E-state index in [2.05, 4.69) is 10.3 Å². The van der Waals surface area contributed by atoms with Crippen molar-refractivity contribution in [1.82, 2.24) is 10.3 Å². The van der Waals surface area contributed by atoms with Crippen LogP contribution in [0.3, 0.4) is 0 Å². The molecule has 1 aromatic carbocycles. The molecule has 0 fully saturated rings. The highest BCUT2D eigenvalue weighted by Crippen LogP contribution is 2.06. The highest BCUT2D eigenvalue weighted by Gasteiger charge is 2.14. The van der Waals surface area contributed by atoms with Gasteiger partial charge in [0, 0.05) is 23.1 Å². The Balaban J connectivity index is 2.43. The average molecular weight is 246 g/mol. The van der Waals surface area contributed by atoms with E-state index in [1.165, 1.54) is 6.20 Å². The fourth-order valence-electron chi connectivity index (χ4n) is 1.68. The Morgan fingerprint density at radius 1 is 1.44 bits per heavy atom. The van der Waals surface area contributed by atoms with Gasteiger partial charge in [0.1, 0.15) is 5.56 Å². The van der Waals surface area contributed by atoms with Gasteiger partial charge in [-0.15, -0.1) is 0 Å². The van der Waals surface area contributed by atoms with Crippen molar-refractivity contribution in [3.8, 4) is 0 Å². The topological polar surface area (TPSA) is 82.2 Å². The molecule has 18 heavy (non-hydrogen) atoms. The van der Waals surface area contributed by atoms with Crippen LogP contribution in [0.15, 0.2) is 35.3 Å². The number of pyridine rings is 1. The first-order valence-corrected chi connectivity index (χ1v) is 5.65. The summed E-state index contributed by atoms with van der Waals surface area (Å²) in [7, 11) is 0. The first kappa shape index (κ1) is 12.3. The summed E-state index contributed by atoms with van der Waals surface area (Å²) >= 11 is 0. The molecule has 1 aromatic heterocycles. The molecule has 0 saturated carbocycles. The third kappa shape index (κ3) is 2.26. The summed E-state index contributed by atoms with van der Waals surface area (Å²) in [6, 6.07) is 6.61. The van der Waals surface area contributed by atoms with Gasteiger partial charge in [-0.25, -0.2) is 0 Å². The minimum atomic E-state index is -0.483. The van der Waals surface area contributed by atoms with Crippen LogP contribution >= 0.6 is 0 Å². The number of aromatic amines is 1. The van der Waals surface area contributed by atoms with E-state index in [0.29, 0.717) is 10.9 Å². The van der Waals surface area contributed by atoms with E-state index in [4.69, 9.17) is 5.11 Å². The van der Waals surface area contributed by atoms with Crippen molar-refractivity contribution in [2.45, 2.75) is 13.0 Å². The second-order valence-electron chi connectivity index (χ2n) is 4.13. The molecule has 1 atom stereocenters. The van der Waals surface area contributed by atoms with Crippen LogP contribution in [0.1, 0.15) is 17.3 Å². The molecule has 2 aromatic rings. The van der Waals surface area contributed by atoms with Crippen molar-refractivity contribution in [2.24, 2.45) is 0 Å². The maximum atomic E-state index is 12.1. The number of amides is 1. The Labute approximate surface area is 103 Å². The third-order valence-electron chi connectivity index (χ3n) is 2.68. The Morgan fingerprint density at radius 3 is 2.89 bits per heavy atom. The van der Waals surface area contributed by atoms with E-state index in [1.54, 1.807) is 25.1 Å². The van der Waals surface area contributed by atoms with E-state index < -0.39 is 5.91 Å². The molecule has 0 aliphatic heterocycles. The summed E-state index contributed by atoms with van der Waals surface area (Å²) in [4.78, 5) is 26.8. The molecular weight excluding hydrogens is 232 g/mol. The lowest BCUT2D eigenvalue weighted by Gasteiger charge is -2.10. The molecule has 0 aliphatic carbocycles. The second-order valence-corrected chi connectivity index (χ2v) is 4.13. The van der Waals surface area contributed by atoms with Gasteiger partial charge >= 0.3 is 0 Å². The van der Waals surface area contributed by atoms with Crippen LogP contribution in [0, 0.1) is 0 Å². The number of aliphatic hydroxyl groups excluding tert-OH is 1. The Bertz CT molecular complexity index is 633. The van der Waals surface area contributed by atoms with Crippen molar-refractivity contribution < 1.29 is 9.90 Å². The van der Waals surface area contributed by atoms with Gasteiger partial charge in [-0.2, -0.15) is 0 Å². The number of fused-ring (bicyclic) bond motifs is 1. The number of H-pyrrole nitrogens is 1. The lowest BCUT2D eigenvalue weighted by atomic mass is 10.1. The maximum absolute atomic E-state index is 12.1. The molecule has 1 heterocycles. The number of hydrogen-bond donors (Lipinski definition) is 3. The molecular formula is C13H14N2O3. The SMILES string of the molecule is C[C@@H](CO)NC(=O)c1c[nH]c2ccccc2c1=O. The third-order valence-corrected chi connectivity index (χ3v) is 2.68. The quantitative estimate of drug-likeness (QED) is 0.743. The lowest BCUT2D eigenvalue weighted by Crippen LogP contribution is -2.37. The van der Waals surface area contributed by atoms with Crippen LogP contribution in [0.2, 0.25) is 0 Å². The molecule has 1 amide bonds. The lowest BCUT2D eigenvalue weighted by molar-refractivity contribution is 0.0921. The minimum absolute atomic E-state index is 0.0500. The summed E-state index contributed by atoms with van der Waals surface area (Å²) in [6.45, 7) is 1.49. The number of aliphatic hydroxyl groups is 1. The van der Waals surface area contributed by atoms with E-state index >= 15 is 0 Å². The minimum Gasteiger partial charge on any atom is -0.394 e. The average Bonchev–Trinajstić information content (AvgIpc) is 2.39. The van der Waals surface area contributed by atoms with Crippen molar-refractivity contribution in [3.63, 3.8) is 0 Å². The zero-order valence-corrected chi connectivity index (χ0v) is 9.93. The monoisotopic (exact) mass is 246 g/mol. The van der Waals surface area contributed by atoms with Crippen LogP contribution in [0.4, 0.5) is 0 Å². The van der Waals surface area contributed by atoms with Gasteiger partial charge in [0.05, 0.1) is 6.61 Å². The van der Waals surface area contributed by atoms with Crippen LogP contribution < -0.4 is 10.7 Å². The van der Waals surface area contributed by atoms with Gasteiger partial charge in [-0.3, -0.25) is 9.59 Å². The van der Waals surface area contributed by atoms with E-state index in [1.807, 2.05) is 6.07 Å². The number of rotatable bonds is 3. The zero-order chi connectivity index (χ0) is 13.1. The van der Waals surface area contributed by atoms with Crippen LogP contribution in [-0.4, -0.2) is 28.6 Å². The van der Waals surface area contributed by atoms with Crippen molar-refractivity contribution in [3.05, 3.63) is 46.2 Å². The predicted octanol–water partition coefficient (Wildman–Crippen LogP) is 0.639. The fourth-order valence-corrected chi connectivity index (χ4v) is 1.68. The Hall–Kier alpha value is -2.14. The first-order chi connectivity index (χ1) is 8.63. The maximum Gasteiger partial charge on any atom is 0.257 e. The predicted molar refractivity (Wildman–Crippen MR) is 68.6 cm³/mol. The highest BCUT2D eigenvalue weighted by molar-refractivity contribution is 5.97. The van der Waals surface area contributed by atoms with Gasteiger partial charge in [0.25, 0.3) is 5.91 Å². The summed E-state index contributed by atoms with van der Waals surface area (Å²) < 4.78 is 0. The summed E-state index contributed by atoms with van der Waals surface area (Å²) in [5, 5.41) is 11.9. The van der Waals surface area contributed by atoms with Crippen LogP contribution in [0.25, 0.3) is 10.9 Å². The van der Waals surface area contributed by atoms with Gasteiger partial charge in [-0.05, 0) is 19.1 Å². The number of benzene rings is 1. The van der Waals surface area contributed by atoms with Gasteiger partial charge < -0.3 is 15.4 Å². The van der Waals surface area contributed by atoms with Gasteiger partial charge in [0.15, 0.2) is 0 Å². The Morgan fingerprint density at radius 2 is 2.17 bits per heavy atom. The Kier molecular flexibility index (Phi) is 3.43. The molecule has 94 valence electrons. The van der Waals surface area contributed by atoms with E-state index in [9.17, 15) is 9.59 Å². The molecule has 0 saturated heterocycles. The number of para-hydroxylation sites is 1. The standard InChI is InChI=1S/C13H14N2O3/c1-8(7-16)15-13(18)10-6-14-11-5-3-2-4-9(11)12(10)17/h2-6,8,16H,7H2,1H3,(H,14,17)(H,15,18)/t8-/m0/s1. The van der Waals surface area contributed by atoms with Crippen molar-refractivity contribution in [1.29, 1.82) is 0 Å². The molecule has 0 radical (unpaired) electrons. The van der Waals surface area contributed by atoms with Gasteiger partial charge in [0.2, 0.25) is 5.43 Å². The molecule has 0 spiro atoms. The zero-order valence-electron chi connectivity index (χ0n) is 9.93. The smallest absolute Gasteiger partial charge is 0.257 e. The first-order valence-electron chi connectivity index (χ1n) is 5.65. The number of aromatic nitrogens is 1. The van der Waals surface area contributed by atoms with Crippen molar-refractivity contribution >= 4 is 16.8 Å². The van der Waals surface area contributed by atoms with Crippen LogP contribution in [-0.2, 0) is 0 Å². The normalized spacial score (nSPS) is 12.3. The fraction of sp³-hybridized carbons (Fsp3) is 0.231. The van der Waals surface area contributed by atoms with Crippen LogP contribution in [0.5, 0.6) is 0 Å². The highest BCUT2D eigenvalue weighted by atomic mass is 16.3. The number of hydrogen-bond acceptors (Lipinski definition) is 3. The largest absolute Gasteiger partial charge is 0.394 e. The van der Waals surface area contributed by atoms with E-state index in [0.717, 1.165) is 0 Å². The summed E-state index contributed by atoms with van der Waals surface area (Å²) in [5.74, 6) is -0.483. The van der Waals surface area contributed by atoms with Crippen molar-refractivity contribution in [2.75, 3.05) is 6.61 Å². The number of carbonyl (C=O) groups excluding carboxylic acids is 1. The molecule has 0 aliphatic rings. The molecule has 3 N–H and O–H groups in total. The van der Waals surface area contributed by atoms with Gasteiger partial charge in [-0.1, -0.05) is 12.1 Å². The summed E-state index contributed by atoms with van der Waals surface area (Å²) in [5.41, 5.74) is 0.426. The molecule has 2 rings (SSSR count). The molecule has 0 unspecified atom stereocenters. The molecule has 5 heteroatoms. The number of carbonyl (C=O) groups is 1. The van der Waals surface area contributed by atoms with E-state index in [-0.39, 0.29) is 23.6 Å². The molecule has 0 bridgehead atoms. The summed E-state index contributed by atoms with van der Waals surface area (Å²) in [6.07, 6.45) is 1.39. The number of nitrogens with one attached hydrogen (secondary N) is 2. The second kappa shape index (κ2) is 5.01. The molecule has 5 nitrogen and oxygen atoms in total.